The van der Waals surface area contributed by atoms with E-state index >= 15 is 0 Å². The fourth-order valence-corrected chi connectivity index (χ4v) is 2.84. The third-order valence-electron chi connectivity index (χ3n) is 4.02. The van der Waals surface area contributed by atoms with E-state index in [0.717, 1.165) is 5.56 Å². The summed E-state index contributed by atoms with van der Waals surface area (Å²) < 4.78 is 16.5. The van der Waals surface area contributed by atoms with Crippen LogP contribution in [0.5, 0.6) is 17.2 Å². The number of nitro groups is 1. The van der Waals surface area contributed by atoms with Crippen LogP contribution in [0.3, 0.4) is 0 Å². The highest BCUT2D eigenvalue weighted by Gasteiger charge is 2.33. The van der Waals surface area contributed by atoms with Gasteiger partial charge in [-0.3, -0.25) is 10.1 Å². The van der Waals surface area contributed by atoms with E-state index in [1.165, 1.54) is 26.4 Å². The summed E-state index contributed by atoms with van der Waals surface area (Å²) in [6, 6.07) is 9.53. The number of non-ortho nitro benzene ring substituents is 1. The van der Waals surface area contributed by atoms with Gasteiger partial charge in [0.15, 0.2) is 6.10 Å². The number of hydrogen-bond donors (Lipinski definition) is 1. The first-order valence-corrected chi connectivity index (χ1v) is 7.37. The van der Waals surface area contributed by atoms with Crippen LogP contribution in [-0.2, 0) is 6.42 Å². The van der Waals surface area contributed by atoms with Gasteiger partial charge in [0.1, 0.15) is 17.2 Å². The van der Waals surface area contributed by atoms with Crippen molar-refractivity contribution >= 4 is 5.69 Å². The summed E-state index contributed by atoms with van der Waals surface area (Å²) in [4.78, 5) is 10.5. The molecule has 0 aromatic heterocycles. The molecule has 0 saturated carbocycles. The van der Waals surface area contributed by atoms with Crippen LogP contribution in [-0.4, -0.2) is 30.4 Å². The van der Waals surface area contributed by atoms with Gasteiger partial charge in [-0.25, -0.2) is 0 Å². The molecule has 126 valence electrons. The molecule has 0 bridgehead atoms. The number of benzene rings is 2. The third-order valence-corrected chi connectivity index (χ3v) is 4.02. The Kier molecular flexibility index (Phi) is 4.26. The molecule has 1 N–H and O–H groups in total. The van der Waals surface area contributed by atoms with Gasteiger partial charge in [-0.05, 0) is 0 Å². The number of fused-ring (bicyclic) bond motifs is 1. The number of nitrogens with zero attached hydrogens (tertiary/aromatic N) is 1. The van der Waals surface area contributed by atoms with Crippen LogP contribution in [0.4, 0.5) is 5.69 Å². The fourth-order valence-electron chi connectivity index (χ4n) is 2.84. The molecule has 0 radical (unpaired) electrons. The third kappa shape index (κ3) is 2.85. The van der Waals surface area contributed by atoms with Crippen molar-refractivity contribution in [3.8, 4) is 17.2 Å². The van der Waals surface area contributed by atoms with Gasteiger partial charge in [-0.2, -0.15) is 0 Å². The minimum atomic E-state index is -0.846. The number of hydrogen-bond acceptors (Lipinski definition) is 6. The monoisotopic (exact) mass is 331 g/mol. The van der Waals surface area contributed by atoms with E-state index < -0.39 is 17.1 Å². The van der Waals surface area contributed by atoms with E-state index in [0.29, 0.717) is 29.2 Å². The lowest BCUT2D eigenvalue weighted by Crippen LogP contribution is -2.30. The van der Waals surface area contributed by atoms with E-state index in [2.05, 4.69) is 0 Å². The molecule has 1 aliphatic heterocycles. The topological polar surface area (TPSA) is 91.1 Å². The number of aliphatic hydroxyl groups excluding tert-OH is 1. The standard InChI is InChI=1S/C17H17NO6/c1-22-12-7-15(23-2)13-9-14(19)17(24-16(13)8-12)10-4-3-5-11(6-10)18(20)21/h3-8,14,17,19H,9H2,1-2H3/t14-,17+/m0/s1. The average molecular weight is 331 g/mol. The molecular weight excluding hydrogens is 314 g/mol. The predicted molar refractivity (Wildman–Crippen MR) is 85.7 cm³/mol. The molecular formula is C17H17NO6. The first kappa shape index (κ1) is 16.1. The Morgan fingerprint density at radius 3 is 2.71 bits per heavy atom. The lowest BCUT2D eigenvalue weighted by atomic mass is 9.94. The van der Waals surface area contributed by atoms with Crippen molar-refractivity contribution in [2.24, 2.45) is 0 Å². The molecule has 2 aromatic rings. The molecule has 3 rings (SSSR count). The number of ether oxygens (including phenoxy) is 3. The zero-order valence-electron chi connectivity index (χ0n) is 13.3. The second-order valence-electron chi connectivity index (χ2n) is 5.47. The Hall–Kier alpha value is -2.80. The second kappa shape index (κ2) is 6.37. The van der Waals surface area contributed by atoms with Crippen LogP contribution >= 0.6 is 0 Å². The van der Waals surface area contributed by atoms with Gasteiger partial charge < -0.3 is 19.3 Å². The van der Waals surface area contributed by atoms with Crippen LogP contribution in [0.1, 0.15) is 17.2 Å². The van der Waals surface area contributed by atoms with E-state index in [-0.39, 0.29) is 5.69 Å². The summed E-state index contributed by atoms with van der Waals surface area (Å²) >= 11 is 0. The van der Waals surface area contributed by atoms with Crippen molar-refractivity contribution in [1.82, 2.24) is 0 Å². The van der Waals surface area contributed by atoms with Gasteiger partial charge in [-0.1, -0.05) is 12.1 Å². The van der Waals surface area contributed by atoms with Crippen LogP contribution in [0, 0.1) is 10.1 Å². The SMILES string of the molecule is COc1cc(OC)c2c(c1)O[C@H](c1cccc([N+](=O)[O-])c1)[C@@H](O)C2. The Balaban J connectivity index is 2.00. The molecule has 2 atom stereocenters. The Labute approximate surface area is 138 Å². The molecule has 0 saturated heterocycles. The number of nitro benzene ring substituents is 1. The van der Waals surface area contributed by atoms with Crippen molar-refractivity contribution < 1.29 is 24.2 Å². The summed E-state index contributed by atoms with van der Waals surface area (Å²) in [5.74, 6) is 1.67. The van der Waals surface area contributed by atoms with Crippen molar-refractivity contribution in [3.63, 3.8) is 0 Å². The van der Waals surface area contributed by atoms with Crippen LogP contribution < -0.4 is 14.2 Å². The molecule has 0 amide bonds. The quantitative estimate of drug-likeness (QED) is 0.684. The minimum absolute atomic E-state index is 0.0441. The summed E-state index contributed by atoms with van der Waals surface area (Å²) in [6.45, 7) is 0. The lowest BCUT2D eigenvalue weighted by Gasteiger charge is -2.32. The summed E-state index contributed by atoms with van der Waals surface area (Å²) in [5.41, 5.74) is 1.24. The van der Waals surface area contributed by atoms with Gasteiger partial charge in [0.25, 0.3) is 5.69 Å². The molecule has 7 nitrogen and oxygen atoms in total. The summed E-state index contributed by atoms with van der Waals surface area (Å²) in [5, 5.41) is 21.4. The molecule has 1 heterocycles. The van der Waals surface area contributed by atoms with Crippen LogP contribution in [0.15, 0.2) is 36.4 Å². The van der Waals surface area contributed by atoms with Crippen molar-refractivity contribution in [1.29, 1.82) is 0 Å². The van der Waals surface area contributed by atoms with Gasteiger partial charge in [0.05, 0.1) is 25.2 Å². The smallest absolute Gasteiger partial charge is 0.269 e. The van der Waals surface area contributed by atoms with Crippen molar-refractivity contribution in [2.75, 3.05) is 14.2 Å². The normalized spacial score (nSPS) is 19.1. The van der Waals surface area contributed by atoms with Gasteiger partial charge in [0, 0.05) is 41.8 Å². The molecule has 1 aliphatic rings. The predicted octanol–water partition coefficient (Wildman–Crippen LogP) is 2.65. The first-order chi connectivity index (χ1) is 11.5. The van der Waals surface area contributed by atoms with E-state index in [1.807, 2.05) is 0 Å². The molecule has 0 aliphatic carbocycles. The molecule has 2 aromatic carbocycles. The maximum absolute atomic E-state index is 11.0. The van der Waals surface area contributed by atoms with Gasteiger partial charge in [0.2, 0.25) is 0 Å². The van der Waals surface area contributed by atoms with Crippen LogP contribution in [0.2, 0.25) is 0 Å². The molecule has 0 spiro atoms. The summed E-state index contributed by atoms with van der Waals surface area (Å²) in [6.07, 6.45) is -1.23. The lowest BCUT2D eigenvalue weighted by molar-refractivity contribution is -0.385. The highest BCUT2D eigenvalue weighted by molar-refractivity contribution is 5.52. The second-order valence-corrected chi connectivity index (χ2v) is 5.47. The Bertz CT molecular complexity index is 776. The Morgan fingerprint density at radius 2 is 2.04 bits per heavy atom. The van der Waals surface area contributed by atoms with E-state index in [4.69, 9.17) is 14.2 Å². The Morgan fingerprint density at radius 1 is 1.25 bits per heavy atom. The fraction of sp³-hybridized carbons (Fsp3) is 0.294. The number of methoxy groups -OCH3 is 2. The number of rotatable bonds is 4. The van der Waals surface area contributed by atoms with Crippen LogP contribution in [0.25, 0.3) is 0 Å². The zero-order chi connectivity index (χ0) is 17.3. The molecule has 24 heavy (non-hydrogen) atoms. The highest BCUT2D eigenvalue weighted by Crippen LogP contribution is 2.42. The number of aliphatic hydroxyl groups is 1. The van der Waals surface area contributed by atoms with E-state index in [9.17, 15) is 15.2 Å². The molecule has 0 unspecified atom stereocenters. The first-order valence-electron chi connectivity index (χ1n) is 7.37. The summed E-state index contributed by atoms with van der Waals surface area (Å²) in [7, 11) is 3.07. The largest absolute Gasteiger partial charge is 0.496 e. The van der Waals surface area contributed by atoms with Gasteiger partial charge in [-0.15, -0.1) is 0 Å². The zero-order valence-corrected chi connectivity index (χ0v) is 13.3. The highest BCUT2D eigenvalue weighted by atomic mass is 16.6. The maximum Gasteiger partial charge on any atom is 0.269 e. The van der Waals surface area contributed by atoms with Gasteiger partial charge >= 0.3 is 0 Å². The van der Waals surface area contributed by atoms with Crippen molar-refractivity contribution in [3.05, 3.63) is 57.6 Å². The minimum Gasteiger partial charge on any atom is -0.496 e. The van der Waals surface area contributed by atoms with E-state index in [1.54, 1.807) is 24.3 Å². The molecule has 0 fully saturated rings. The maximum atomic E-state index is 11.0. The van der Waals surface area contributed by atoms with Crippen molar-refractivity contribution in [2.45, 2.75) is 18.6 Å². The molecule has 7 heteroatoms. The average Bonchev–Trinajstić information content (AvgIpc) is 2.60.